The van der Waals surface area contributed by atoms with Crippen molar-refractivity contribution >= 4 is 0 Å². The van der Waals surface area contributed by atoms with Gasteiger partial charge in [-0.3, -0.25) is 4.68 Å². The second kappa shape index (κ2) is 6.50. The van der Waals surface area contributed by atoms with E-state index in [1.165, 1.54) is 5.56 Å². The van der Waals surface area contributed by atoms with E-state index in [1.807, 2.05) is 42.3 Å². The van der Waals surface area contributed by atoms with Gasteiger partial charge in [0, 0.05) is 31.4 Å². The van der Waals surface area contributed by atoms with Gasteiger partial charge in [-0.1, -0.05) is 31.2 Å². The molecule has 1 heterocycles. The Kier molecular flexibility index (Phi) is 4.71. The number of hydrogen-bond acceptors (Lipinski definition) is 3. The molecular weight excluding hydrogens is 238 g/mol. The van der Waals surface area contributed by atoms with E-state index < -0.39 is 0 Å². The van der Waals surface area contributed by atoms with E-state index in [9.17, 15) is 5.11 Å². The minimum absolute atomic E-state index is 0.0849. The van der Waals surface area contributed by atoms with Crippen molar-refractivity contribution in [1.29, 1.82) is 0 Å². The van der Waals surface area contributed by atoms with Gasteiger partial charge >= 0.3 is 0 Å². The summed E-state index contributed by atoms with van der Waals surface area (Å²) in [7, 11) is 1.93. The van der Waals surface area contributed by atoms with Crippen molar-refractivity contribution in [2.45, 2.75) is 32.5 Å². The Labute approximate surface area is 114 Å². The monoisotopic (exact) mass is 259 g/mol. The first-order valence-electron chi connectivity index (χ1n) is 6.64. The molecule has 0 spiro atoms. The average molecular weight is 259 g/mol. The quantitative estimate of drug-likeness (QED) is 0.835. The summed E-state index contributed by atoms with van der Waals surface area (Å²) in [6.45, 7) is 2.99. The molecule has 2 aromatic rings. The van der Waals surface area contributed by atoms with Crippen molar-refractivity contribution in [3.63, 3.8) is 0 Å². The number of aromatic nitrogens is 2. The molecule has 0 amide bonds. The highest BCUT2D eigenvalue weighted by atomic mass is 16.3. The van der Waals surface area contributed by atoms with Crippen LogP contribution in [-0.2, 0) is 20.2 Å². The molecule has 102 valence electrons. The Morgan fingerprint density at radius 3 is 2.63 bits per heavy atom. The molecule has 4 heteroatoms. The van der Waals surface area contributed by atoms with Gasteiger partial charge < -0.3 is 10.4 Å². The van der Waals surface area contributed by atoms with E-state index in [4.69, 9.17) is 0 Å². The van der Waals surface area contributed by atoms with Crippen LogP contribution in [0.25, 0.3) is 0 Å². The fraction of sp³-hybridized carbons (Fsp3) is 0.400. The maximum absolute atomic E-state index is 9.32. The second-order valence-corrected chi connectivity index (χ2v) is 4.72. The summed E-state index contributed by atoms with van der Waals surface area (Å²) >= 11 is 0. The van der Waals surface area contributed by atoms with Crippen LogP contribution in [0.5, 0.6) is 0 Å². The van der Waals surface area contributed by atoms with Crippen molar-refractivity contribution in [2.75, 3.05) is 0 Å². The van der Waals surface area contributed by atoms with Gasteiger partial charge in [0.25, 0.3) is 0 Å². The molecule has 0 saturated carbocycles. The highest BCUT2D eigenvalue weighted by molar-refractivity contribution is 5.26. The first-order chi connectivity index (χ1) is 9.24. The van der Waals surface area contributed by atoms with E-state index >= 15 is 0 Å². The zero-order chi connectivity index (χ0) is 13.7. The molecule has 2 rings (SSSR count). The van der Waals surface area contributed by atoms with E-state index in [0.717, 1.165) is 24.1 Å². The Balaban J connectivity index is 2.04. The van der Waals surface area contributed by atoms with Crippen molar-refractivity contribution < 1.29 is 5.11 Å². The van der Waals surface area contributed by atoms with Crippen molar-refractivity contribution in [3.8, 4) is 0 Å². The molecule has 0 saturated heterocycles. The van der Waals surface area contributed by atoms with Crippen molar-refractivity contribution in [3.05, 3.63) is 53.3 Å². The third-order valence-corrected chi connectivity index (χ3v) is 3.36. The van der Waals surface area contributed by atoms with Crippen LogP contribution in [0.1, 0.15) is 36.1 Å². The summed E-state index contributed by atoms with van der Waals surface area (Å²) in [6.07, 6.45) is 4.95. The average Bonchev–Trinajstić information content (AvgIpc) is 2.86. The topological polar surface area (TPSA) is 50.1 Å². The lowest BCUT2D eigenvalue weighted by molar-refractivity contribution is 0.280. The highest BCUT2D eigenvalue weighted by Crippen LogP contribution is 2.17. The van der Waals surface area contributed by atoms with Crippen molar-refractivity contribution in [1.82, 2.24) is 15.1 Å². The highest BCUT2D eigenvalue weighted by Gasteiger charge is 2.11. The lowest BCUT2D eigenvalue weighted by atomic mass is 10.1. The van der Waals surface area contributed by atoms with Gasteiger partial charge in [0.1, 0.15) is 0 Å². The Morgan fingerprint density at radius 2 is 2.05 bits per heavy atom. The third-order valence-electron chi connectivity index (χ3n) is 3.36. The first-order valence-corrected chi connectivity index (χ1v) is 6.64. The lowest BCUT2D eigenvalue weighted by Crippen LogP contribution is -2.20. The number of rotatable bonds is 6. The van der Waals surface area contributed by atoms with Gasteiger partial charge in [0.05, 0.1) is 12.8 Å². The Hall–Kier alpha value is -1.65. The number of hydrogen-bond donors (Lipinski definition) is 2. The molecule has 2 N–H and O–H groups in total. The molecule has 1 aromatic carbocycles. The predicted molar refractivity (Wildman–Crippen MR) is 75.4 cm³/mol. The zero-order valence-corrected chi connectivity index (χ0v) is 11.5. The van der Waals surface area contributed by atoms with E-state index in [1.54, 1.807) is 0 Å². The summed E-state index contributed by atoms with van der Waals surface area (Å²) < 4.78 is 1.82. The minimum Gasteiger partial charge on any atom is -0.392 e. The molecule has 0 bridgehead atoms. The Morgan fingerprint density at radius 1 is 1.32 bits per heavy atom. The van der Waals surface area contributed by atoms with Crippen LogP contribution in [0.4, 0.5) is 0 Å². The van der Waals surface area contributed by atoms with Gasteiger partial charge in [-0.05, 0) is 17.5 Å². The molecule has 0 aliphatic carbocycles. The number of aliphatic hydroxyl groups excluding tert-OH is 1. The molecule has 0 aliphatic rings. The lowest BCUT2D eigenvalue weighted by Gasteiger charge is -2.16. The molecule has 4 nitrogen and oxygen atoms in total. The number of nitrogens with one attached hydrogen (secondary N) is 1. The molecule has 0 fully saturated rings. The van der Waals surface area contributed by atoms with Crippen LogP contribution in [-0.4, -0.2) is 14.9 Å². The number of aliphatic hydroxyl groups is 1. The van der Waals surface area contributed by atoms with Crippen LogP contribution in [0.3, 0.4) is 0 Å². The fourth-order valence-corrected chi connectivity index (χ4v) is 2.24. The third kappa shape index (κ3) is 3.43. The summed E-state index contributed by atoms with van der Waals surface area (Å²) in [6, 6.07) is 8.26. The minimum atomic E-state index is 0.0849. The maximum Gasteiger partial charge on any atom is 0.0685 e. The number of aryl methyl sites for hydroxylation is 1. The van der Waals surface area contributed by atoms with Gasteiger partial charge in [-0.2, -0.15) is 5.10 Å². The van der Waals surface area contributed by atoms with Gasteiger partial charge in [-0.25, -0.2) is 0 Å². The van der Waals surface area contributed by atoms with Crippen LogP contribution in [0.2, 0.25) is 0 Å². The normalized spacial score (nSPS) is 12.6. The molecule has 19 heavy (non-hydrogen) atoms. The zero-order valence-electron chi connectivity index (χ0n) is 11.5. The second-order valence-electron chi connectivity index (χ2n) is 4.72. The summed E-state index contributed by atoms with van der Waals surface area (Å²) in [5.41, 5.74) is 3.33. The van der Waals surface area contributed by atoms with Crippen LogP contribution >= 0.6 is 0 Å². The molecule has 0 aliphatic heterocycles. The largest absolute Gasteiger partial charge is 0.392 e. The molecule has 1 unspecified atom stereocenters. The predicted octanol–water partition coefficient (Wildman–Crippen LogP) is 2.15. The molecule has 1 aromatic heterocycles. The molecule has 1 atom stereocenters. The maximum atomic E-state index is 9.32. The summed E-state index contributed by atoms with van der Waals surface area (Å²) in [5.74, 6) is 0. The van der Waals surface area contributed by atoms with E-state index in [-0.39, 0.29) is 6.61 Å². The first kappa shape index (κ1) is 13.8. The number of nitrogens with zero attached hydrogens (tertiary/aromatic N) is 2. The molecular formula is C15H21N3O. The molecule has 0 radical (unpaired) electrons. The van der Waals surface area contributed by atoms with E-state index in [0.29, 0.717) is 6.04 Å². The summed E-state index contributed by atoms with van der Waals surface area (Å²) in [4.78, 5) is 0. The summed E-state index contributed by atoms with van der Waals surface area (Å²) in [5, 5.41) is 17.1. The smallest absolute Gasteiger partial charge is 0.0685 e. The fourth-order valence-electron chi connectivity index (χ4n) is 2.24. The van der Waals surface area contributed by atoms with Crippen LogP contribution < -0.4 is 5.32 Å². The SMILES string of the molecule is CCC(NCc1ccccc1CO)c1cnn(C)c1. The standard InChI is InChI=1S/C15H21N3O/c1-3-15(14-9-17-18(2)10-14)16-8-12-6-4-5-7-13(12)11-19/h4-7,9-10,15-16,19H,3,8,11H2,1-2H3. The van der Waals surface area contributed by atoms with Crippen LogP contribution in [0.15, 0.2) is 36.7 Å². The van der Waals surface area contributed by atoms with Gasteiger partial charge in [0.2, 0.25) is 0 Å². The number of benzene rings is 1. The Bertz CT molecular complexity index is 522. The van der Waals surface area contributed by atoms with Crippen LogP contribution in [0, 0.1) is 0 Å². The van der Waals surface area contributed by atoms with Crippen molar-refractivity contribution in [2.24, 2.45) is 7.05 Å². The van der Waals surface area contributed by atoms with E-state index in [2.05, 4.69) is 23.4 Å². The van der Waals surface area contributed by atoms with Gasteiger partial charge in [-0.15, -0.1) is 0 Å². The van der Waals surface area contributed by atoms with Gasteiger partial charge in [0.15, 0.2) is 0 Å².